The summed E-state index contributed by atoms with van der Waals surface area (Å²) in [7, 11) is 0. The molecule has 3 heterocycles. The van der Waals surface area contributed by atoms with Crippen molar-refractivity contribution in [3.63, 3.8) is 0 Å². The molecule has 8 nitrogen and oxygen atoms in total. The summed E-state index contributed by atoms with van der Waals surface area (Å²) in [5.41, 5.74) is 0.553. The van der Waals surface area contributed by atoms with Gasteiger partial charge in [-0.2, -0.15) is 0 Å². The molecule has 3 saturated heterocycles. The van der Waals surface area contributed by atoms with Gasteiger partial charge < -0.3 is 28.4 Å². The molecule has 5 atom stereocenters. The molecule has 3 aliphatic heterocycles. The van der Waals surface area contributed by atoms with Crippen LogP contribution >= 0.6 is 0 Å². The van der Waals surface area contributed by atoms with Crippen LogP contribution in [-0.2, 0) is 28.5 Å². The maximum atomic E-state index is 13.3. The lowest BCUT2D eigenvalue weighted by Crippen LogP contribution is -2.58. The number of ether oxygens (including phenoxy) is 6. The van der Waals surface area contributed by atoms with Gasteiger partial charge in [-0.25, -0.2) is 4.79 Å². The van der Waals surface area contributed by atoms with Gasteiger partial charge in [0.05, 0.1) is 0 Å². The first-order chi connectivity index (χ1) is 16.5. The normalized spacial score (nSPS) is 35.6. The quantitative estimate of drug-likeness (QED) is 0.370. The van der Waals surface area contributed by atoms with Gasteiger partial charge in [0, 0.05) is 31.2 Å². The Bertz CT molecular complexity index is 931. The van der Waals surface area contributed by atoms with Crippen molar-refractivity contribution in [2.75, 3.05) is 0 Å². The van der Waals surface area contributed by atoms with E-state index in [1.807, 2.05) is 0 Å². The second kappa shape index (κ2) is 8.68. The molecule has 0 aromatic heterocycles. The highest BCUT2D eigenvalue weighted by atomic mass is 16.9. The summed E-state index contributed by atoms with van der Waals surface area (Å²) < 4.78 is 37.7. The first kappa shape index (κ1) is 22.6. The Labute approximate surface area is 199 Å². The zero-order chi connectivity index (χ0) is 23.3. The van der Waals surface area contributed by atoms with Gasteiger partial charge in [-0.15, -0.1) is 0 Å². The SMILES string of the molecule is CC(=O)c1ccc(OC(=O)[C@@H]2O[C@H]3OC4(CCCCC4)O[C@@H]3[C@H]3OC4(CCCCC4)O[C@H]32)cc1. The molecule has 0 amide bonds. The van der Waals surface area contributed by atoms with Crippen LogP contribution in [-0.4, -0.2) is 54.0 Å². The topological polar surface area (TPSA) is 89.5 Å². The van der Waals surface area contributed by atoms with E-state index < -0.39 is 48.2 Å². The van der Waals surface area contributed by atoms with Gasteiger partial charge in [-0.1, -0.05) is 12.8 Å². The minimum Gasteiger partial charge on any atom is -0.425 e. The summed E-state index contributed by atoms with van der Waals surface area (Å²) in [6, 6.07) is 6.49. The van der Waals surface area contributed by atoms with Crippen LogP contribution in [0.4, 0.5) is 0 Å². The van der Waals surface area contributed by atoms with Gasteiger partial charge in [0.2, 0.25) is 0 Å². The van der Waals surface area contributed by atoms with Crippen molar-refractivity contribution >= 4 is 11.8 Å². The number of esters is 1. The molecular formula is C26H32O8. The number of ketones is 1. The number of Topliss-reactive ketones (excluding diaryl/α,β-unsaturated/α-hetero) is 1. The van der Waals surface area contributed by atoms with E-state index in [4.69, 9.17) is 28.4 Å². The largest absolute Gasteiger partial charge is 0.425 e. The number of fused-ring (bicyclic) bond motifs is 3. The fraction of sp³-hybridized carbons (Fsp3) is 0.692. The second-order valence-corrected chi connectivity index (χ2v) is 10.2. The first-order valence-electron chi connectivity index (χ1n) is 12.7. The van der Waals surface area contributed by atoms with Crippen LogP contribution in [0.1, 0.15) is 81.5 Å². The van der Waals surface area contributed by atoms with Gasteiger partial charge in [-0.05, 0) is 56.9 Å². The Morgan fingerprint density at radius 3 is 1.94 bits per heavy atom. The highest BCUT2D eigenvalue weighted by Gasteiger charge is 2.65. The van der Waals surface area contributed by atoms with Gasteiger partial charge >= 0.3 is 5.97 Å². The van der Waals surface area contributed by atoms with Gasteiger partial charge in [0.1, 0.15) is 24.1 Å². The van der Waals surface area contributed by atoms with E-state index in [2.05, 4.69) is 0 Å². The van der Waals surface area contributed by atoms with E-state index in [1.165, 1.54) is 6.92 Å². The molecule has 0 N–H and O–H groups in total. The molecule has 2 spiro atoms. The number of hydrogen-bond acceptors (Lipinski definition) is 8. The summed E-state index contributed by atoms with van der Waals surface area (Å²) in [5.74, 6) is -1.65. The maximum absolute atomic E-state index is 13.3. The smallest absolute Gasteiger partial charge is 0.343 e. The molecule has 6 rings (SSSR count). The molecule has 1 aromatic carbocycles. The molecule has 2 aliphatic carbocycles. The minimum absolute atomic E-state index is 0.0494. The fourth-order valence-electron chi connectivity index (χ4n) is 6.08. The van der Waals surface area contributed by atoms with Gasteiger partial charge in [0.15, 0.2) is 29.8 Å². The van der Waals surface area contributed by atoms with E-state index in [-0.39, 0.29) is 5.78 Å². The summed E-state index contributed by atoms with van der Waals surface area (Å²) >= 11 is 0. The van der Waals surface area contributed by atoms with Crippen molar-refractivity contribution in [3.05, 3.63) is 29.8 Å². The van der Waals surface area contributed by atoms with Crippen molar-refractivity contribution in [2.24, 2.45) is 0 Å². The zero-order valence-corrected chi connectivity index (χ0v) is 19.5. The van der Waals surface area contributed by atoms with Crippen LogP contribution in [0.2, 0.25) is 0 Å². The third-order valence-corrected chi connectivity index (χ3v) is 7.82. The van der Waals surface area contributed by atoms with Crippen molar-refractivity contribution in [1.29, 1.82) is 0 Å². The van der Waals surface area contributed by atoms with E-state index in [1.54, 1.807) is 24.3 Å². The molecule has 1 aromatic rings. The Morgan fingerprint density at radius 1 is 0.765 bits per heavy atom. The predicted octanol–water partition coefficient (Wildman–Crippen LogP) is 4.04. The molecule has 0 unspecified atom stereocenters. The highest BCUT2D eigenvalue weighted by molar-refractivity contribution is 5.94. The second-order valence-electron chi connectivity index (χ2n) is 10.2. The Balaban J connectivity index is 1.25. The molecule has 2 saturated carbocycles. The lowest BCUT2D eigenvalue weighted by atomic mass is 9.94. The van der Waals surface area contributed by atoms with Crippen LogP contribution in [0.3, 0.4) is 0 Å². The Hall–Kier alpha value is -1.84. The van der Waals surface area contributed by atoms with E-state index >= 15 is 0 Å². The number of carbonyl (C=O) groups is 2. The average Bonchev–Trinajstić information content (AvgIpc) is 3.37. The standard InChI is InChI=1S/C26H32O8/c1-16(27)17-8-10-18(11-9-17)29-23(28)21-19-20(32-25(31-19)12-4-2-5-13-25)22-24(30-21)34-26(33-22)14-6-3-7-15-26/h8-11,19-22,24H,2-7,12-15H2,1H3/t19-,20+,21-,22-,24+/m1/s1. The van der Waals surface area contributed by atoms with E-state index in [0.717, 1.165) is 64.2 Å². The third-order valence-electron chi connectivity index (χ3n) is 7.82. The summed E-state index contributed by atoms with van der Waals surface area (Å²) in [5, 5.41) is 0. The third kappa shape index (κ3) is 3.99. The molecule has 0 bridgehead atoms. The Kier molecular flexibility index (Phi) is 5.77. The number of benzene rings is 1. The van der Waals surface area contributed by atoms with E-state index in [9.17, 15) is 9.59 Å². The molecule has 5 aliphatic rings. The molecule has 184 valence electrons. The molecule has 34 heavy (non-hydrogen) atoms. The van der Waals surface area contributed by atoms with Crippen LogP contribution < -0.4 is 4.74 Å². The maximum Gasteiger partial charge on any atom is 0.343 e. The van der Waals surface area contributed by atoms with Crippen LogP contribution in [0, 0.1) is 0 Å². The lowest BCUT2D eigenvalue weighted by molar-refractivity contribution is -0.250. The van der Waals surface area contributed by atoms with Crippen LogP contribution in [0.25, 0.3) is 0 Å². The van der Waals surface area contributed by atoms with Crippen molar-refractivity contribution in [2.45, 2.75) is 113 Å². The molecule has 0 radical (unpaired) electrons. The zero-order valence-electron chi connectivity index (χ0n) is 19.5. The highest BCUT2D eigenvalue weighted by Crippen LogP contribution is 2.51. The monoisotopic (exact) mass is 472 g/mol. The average molecular weight is 473 g/mol. The van der Waals surface area contributed by atoms with Crippen LogP contribution in [0.5, 0.6) is 5.75 Å². The number of hydrogen-bond donors (Lipinski definition) is 0. The van der Waals surface area contributed by atoms with Crippen molar-refractivity contribution in [3.8, 4) is 5.75 Å². The molecule has 5 fully saturated rings. The summed E-state index contributed by atoms with van der Waals surface area (Å²) in [6.45, 7) is 1.49. The van der Waals surface area contributed by atoms with Crippen molar-refractivity contribution < 1.29 is 38.0 Å². The van der Waals surface area contributed by atoms with Gasteiger partial charge in [0.25, 0.3) is 0 Å². The Morgan fingerprint density at radius 2 is 1.32 bits per heavy atom. The number of carbonyl (C=O) groups excluding carboxylic acids is 2. The molecule has 8 heteroatoms. The minimum atomic E-state index is -0.998. The first-order valence-corrected chi connectivity index (χ1v) is 12.7. The molecular weight excluding hydrogens is 440 g/mol. The van der Waals surface area contributed by atoms with Crippen LogP contribution in [0.15, 0.2) is 24.3 Å². The predicted molar refractivity (Wildman–Crippen MR) is 118 cm³/mol. The van der Waals surface area contributed by atoms with Crippen molar-refractivity contribution in [1.82, 2.24) is 0 Å². The lowest BCUT2D eigenvalue weighted by Gasteiger charge is -2.35. The summed E-state index contributed by atoms with van der Waals surface area (Å²) in [4.78, 5) is 24.9. The fourth-order valence-corrected chi connectivity index (χ4v) is 6.08. The summed E-state index contributed by atoms with van der Waals surface area (Å²) in [6.07, 6.45) is 6.39. The van der Waals surface area contributed by atoms with E-state index in [0.29, 0.717) is 11.3 Å². The van der Waals surface area contributed by atoms with Gasteiger partial charge in [-0.3, -0.25) is 4.79 Å². The number of rotatable bonds is 3.